The number of fused-ring (bicyclic) bond motifs is 1. The second-order valence-electron chi connectivity index (χ2n) is 5.33. The van der Waals surface area contributed by atoms with Crippen molar-refractivity contribution in [3.8, 4) is 0 Å². The van der Waals surface area contributed by atoms with Gasteiger partial charge in [0.15, 0.2) is 0 Å². The van der Waals surface area contributed by atoms with Crippen molar-refractivity contribution in [2.75, 3.05) is 0 Å². The van der Waals surface area contributed by atoms with E-state index in [1.165, 1.54) is 6.42 Å². The van der Waals surface area contributed by atoms with Gasteiger partial charge in [-0.3, -0.25) is 4.79 Å². The summed E-state index contributed by atoms with van der Waals surface area (Å²) in [6.07, 6.45) is 4.39. The Labute approximate surface area is 117 Å². The first kappa shape index (κ1) is 13.3. The van der Waals surface area contributed by atoms with E-state index in [0.717, 1.165) is 19.3 Å². The van der Waals surface area contributed by atoms with Gasteiger partial charge in [0.05, 0.1) is 17.0 Å². The number of H-pyrrole nitrogens is 1. The van der Waals surface area contributed by atoms with E-state index in [9.17, 15) is 4.79 Å². The van der Waals surface area contributed by atoms with Crippen molar-refractivity contribution in [1.82, 2.24) is 9.97 Å². The molecule has 5 nitrogen and oxygen atoms in total. The maximum Gasteiger partial charge on any atom is 0.258 e. The number of para-hydroxylation sites is 1. The van der Waals surface area contributed by atoms with Gasteiger partial charge in [-0.1, -0.05) is 25.0 Å². The summed E-state index contributed by atoms with van der Waals surface area (Å²) in [5.41, 5.74) is 6.62. The van der Waals surface area contributed by atoms with Crippen molar-refractivity contribution in [3.63, 3.8) is 0 Å². The van der Waals surface area contributed by atoms with Crippen LogP contribution in [-0.4, -0.2) is 22.1 Å². The molecule has 1 saturated carbocycles. The topological polar surface area (TPSA) is 81.0 Å². The van der Waals surface area contributed by atoms with Crippen LogP contribution < -0.4 is 11.3 Å². The normalized spacial score (nSPS) is 23.1. The molecular formula is C15H19N3O2. The molecule has 2 aromatic rings. The molecule has 1 aliphatic rings. The van der Waals surface area contributed by atoms with E-state index in [1.807, 2.05) is 18.2 Å². The number of nitrogens with one attached hydrogen (secondary N) is 1. The average Bonchev–Trinajstić information content (AvgIpc) is 2.46. The lowest BCUT2D eigenvalue weighted by Crippen LogP contribution is -2.39. The number of ether oxygens (including phenoxy) is 1. The third-order valence-corrected chi connectivity index (χ3v) is 3.85. The van der Waals surface area contributed by atoms with Gasteiger partial charge < -0.3 is 15.5 Å². The lowest BCUT2D eigenvalue weighted by molar-refractivity contribution is 0.00101. The largest absolute Gasteiger partial charge is 0.369 e. The Morgan fingerprint density at radius 2 is 2.10 bits per heavy atom. The summed E-state index contributed by atoms with van der Waals surface area (Å²) in [5.74, 6) is 0.562. The number of benzene rings is 1. The monoisotopic (exact) mass is 273 g/mol. The number of nitrogens with two attached hydrogens (primary N) is 1. The number of aromatic nitrogens is 2. The van der Waals surface area contributed by atoms with E-state index >= 15 is 0 Å². The highest BCUT2D eigenvalue weighted by Crippen LogP contribution is 2.20. The van der Waals surface area contributed by atoms with Gasteiger partial charge in [-0.15, -0.1) is 0 Å². The van der Waals surface area contributed by atoms with Gasteiger partial charge >= 0.3 is 0 Å². The molecule has 0 bridgehead atoms. The van der Waals surface area contributed by atoms with Gasteiger partial charge in [0.25, 0.3) is 5.56 Å². The lowest BCUT2D eigenvalue weighted by atomic mass is 9.93. The van der Waals surface area contributed by atoms with E-state index in [1.54, 1.807) is 6.07 Å². The predicted octanol–water partition coefficient (Wildman–Crippen LogP) is 1.71. The zero-order chi connectivity index (χ0) is 13.9. The van der Waals surface area contributed by atoms with Crippen molar-refractivity contribution in [1.29, 1.82) is 0 Å². The van der Waals surface area contributed by atoms with E-state index < -0.39 is 0 Å². The Morgan fingerprint density at radius 1 is 1.30 bits per heavy atom. The van der Waals surface area contributed by atoms with Gasteiger partial charge in [-0.25, -0.2) is 4.98 Å². The highest BCUT2D eigenvalue weighted by atomic mass is 16.5. The molecule has 0 radical (unpaired) electrons. The number of rotatable bonds is 3. The Morgan fingerprint density at radius 3 is 2.95 bits per heavy atom. The smallest absolute Gasteiger partial charge is 0.258 e. The zero-order valence-electron chi connectivity index (χ0n) is 11.3. The molecular weight excluding hydrogens is 254 g/mol. The molecule has 2 atom stereocenters. The van der Waals surface area contributed by atoms with E-state index in [0.29, 0.717) is 23.3 Å². The van der Waals surface area contributed by atoms with Gasteiger partial charge in [0.2, 0.25) is 0 Å². The molecule has 0 saturated heterocycles. The lowest BCUT2D eigenvalue weighted by Gasteiger charge is -2.28. The third-order valence-electron chi connectivity index (χ3n) is 3.85. The number of aromatic amines is 1. The highest BCUT2D eigenvalue weighted by molar-refractivity contribution is 5.77. The molecule has 1 heterocycles. The van der Waals surface area contributed by atoms with Gasteiger partial charge in [-0.05, 0) is 25.0 Å². The van der Waals surface area contributed by atoms with Crippen LogP contribution in [0.5, 0.6) is 0 Å². The van der Waals surface area contributed by atoms with Crippen molar-refractivity contribution in [2.24, 2.45) is 5.73 Å². The number of hydrogen-bond acceptors (Lipinski definition) is 4. The van der Waals surface area contributed by atoms with Crippen LogP contribution in [0.15, 0.2) is 29.1 Å². The highest BCUT2D eigenvalue weighted by Gasteiger charge is 2.22. The van der Waals surface area contributed by atoms with Crippen LogP contribution in [-0.2, 0) is 11.3 Å². The van der Waals surface area contributed by atoms with Crippen molar-refractivity contribution < 1.29 is 4.74 Å². The number of hydrogen-bond donors (Lipinski definition) is 2. The van der Waals surface area contributed by atoms with Gasteiger partial charge in [-0.2, -0.15) is 0 Å². The molecule has 0 spiro atoms. The fourth-order valence-corrected chi connectivity index (χ4v) is 2.72. The molecule has 20 heavy (non-hydrogen) atoms. The van der Waals surface area contributed by atoms with E-state index in [4.69, 9.17) is 10.5 Å². The summed E-state index contributed by atoms with van der Waals surface area (Å²) < 4.78 is 5.83. The fourth-order valence-electron chi connectivity index (χ4n) is 2.72. The zero-order valence-corrected chi connectivity index (χ0v) is 11.3. The van der Waals surface area contributed by atoms with Crippen LogP contribution in [0.25, 0.3) is 10.9 Å². The van der Waals surface area contributed by atoms with Crippen LogP contribution in [0.1, 0.15) is 31.5 Å². The van der Waals surface area contributed by atoms with Gasteiger partial charge in [0.1, 0.15) is 12.4 Å². The van der Waals surface area contributed by atoms with Crippen LogP contribution in [0, 0.1) is 0 Å². The minimum absolute atomic E-state index is 0.0699. The van der Waals surface area contributed by atoms with Crippen molar-refractivity contribution in [2.45, 2.75) is 44.4 Å². The summed E-state index contributed by atoms with van der Waals surface area (Å²) in [7, 11) is 0. The minimum atomic E-state index is -0.123. The van der Waals surface area contributed by atoms with E-state index in [2.05, 4.69) is 9.97 Å². The molecule has 0 aliphatic heterocycles. The Kier molecular flexibility index (Phi) is 3.80. The standard InChI is InChI=1S/C15H19N3O2/c16-11-6-2-4-8-13(11)20-9-14-17-12-7-3-1-5-10(12)15(19)18-14/h1,3,5,7,11,13H,2,4,6,8-9,16H2,(H,17,18,19). The Hall–Kier alpha value is -1.72. The van der Waals surface area contributed by atoms with Crippen LogP contribution >= 0.6 is 0 Å². The first-order chi connectivity index (χ1) is 9.74. The quantitative estimate of drug-likeness (QED) is 0.892. The van der Waals surface area contributed by atoms with Crippen molar-refractivity contribution >= 4 is 10.9 Å². The molecule has 106 valence electrons. The Bertz CT molecular complexity index is 653. The van der Waals surface area contributed by atoms with Crippen molar-refractivity contribution in [3.05, 3.63) is 40.4 Å². The Balaban J connectivity index is 1.76. The summed E-state index contributed by atoms with van der Waals surface area (Å²) in [5, 5.41) is 0.602. The summed E-state index contributed by atoms with van der Waals surface area (Å²) in [4.78, 5) is 19.1. The number of nitrogens with zero attached hydrogens (tertiary/aromatic N) is 1. The summed E-state index contributed by atoms with van der Waals surface area (Å²) in [6.45, 7) is 0.304. The average molecular weight is 273 g/mol. The minimum Gasteiger partial charge on any atom is -0.369 e. The maximum atomic E-state index is 11.9. The third kappa shape index (κ3) is 2.73. The SMILES string of the molecule is NC1CCCCC1OCc1nc2ccccc2c(=O)[nH]1. The molecule has 0 amide bonds. The molecule has 2 unspecified atom stereocenters. The second-order valence-corrected chi connectivity index (χ2v) is 5.33. The molecule has 1 aromatic carbocycles. The predicted molar refractivity (Wildman–Crippen MR) is 77.4 cm³/mol. The second kappa shape index (κ2) is 5.73. The fraction of sp³-hybridized carbons (Fsp3) is 0.467. The molecule has 1 aromatic heterocycles. The van der Waals surface area contributed by atoms with Crippen LogP contribution in [0.2, 0.25) is 0 Å². The molecule has 5 heteroatoms. The summed E-state index contributed by atoms with van der Waals surface area (Å²) >= 11 is 0. The van der Waals surface area contributed by atoms with Gasteiger partial charge in [0, 0.05) is 6.04 Å². The first-order valence-electron chi connectivity index (χ1n) is 7.09. The van der Waals surface area contributed by atoms with Crippen LogP contribution in [0.4, 0.5) is 0 Å². The first-order valence-corrected chi connectivity index (χ1v) is 7.09. The van der Waals surface area contributed by atoms with Crippen LogP contribution in [0.3, 0.4) is 0 Å². The molecule has 1 aliphatic carbocycles. The molecule has 3 N–H and O–H groups in total. The maximum absolute atomic E-state index is 11.9. The summed E-state index contributed by atoms with van der Waals surface area (Å²) in [6, 6.07) is 7.40. The molecule has 1 fully saturated rings. The van der Waals surface area contributed by atoms with E-state index in [-0.39, 0.29) is 17.7 Å². The molecule has 3 rings (SSSR count).